The molecule has 0 saturated heterocycles. The van der Waals surface area contributed by atoms with Gasteiger partial charge in [-0.05, 0) is 55.3 Å². The highest BCUT2D eigenvalue weighted by Gasteiger charge is 2.17. The SMILES string of the molecule is CCC(=O)c1ccccc1Nc1cc([N+](=O)[O-])ccc1Oc1c(C)cc(F)cc1C. The van der Waals surface area contributed by atoms with Crippen molar-refractivity contribution >= 4 is 22.8 Å². The molecule has 0 radical (unpaired) electrons. The van der Waals surface area contributed by atoms with Crippen LogP contribution in [-0.4, -0.2) is 10.7 Å². The Labute approximate surface area is 173 Å². The van der Waals surface area contributed by atoms with Crippen LogP contribution in [0.25, 0.3) is 0 Å². The lowest BCUT2D eigenvalue weighted by atomic mass is 10.1. The first-order chi connectivity index (χ1) is 14.3. The highest BCUT2D eigenvalue weighted by atomic mass is 19.1. The maximum Gasteiger partial charge on any atom is 0.271 e. The number of non-ortho nitro benzene ring substituents is 1. The number of carbonyl (C=O) groups excluding carboxylic acids is 1. The van der Waals surface area contributed by atoms with Gasteiger partial charge in [0.25, 0.3) is 5.69 Å². The first-order valence-corrected chi connectivity index (χ1v) is 9.42. The quantitative estimate of drug-likeness (QED) is 0.275. The number of ether oxygens (including phenoxy) is 1. The monoisotopic (exact) mass is 408 g/mol. The van der Waals surface area contributed by atoms with Crippen LogP contribution < -0.4 is 10.1 Å². The summed E-state index contributed by atoms with van der Waals surface area (Å²) in [4.78, 5) is 23.1. The number of benzene rings is 3. The number of anilines is 2. The van der Waals surface area contributed by atoms with Crippen LogP contribution in [-0.2, 0) is 0 Å². The molecule has 3 aromatic rings. The molecule has 3 rings (SSSR count). The molecule has 0 aromatic heterocycles. The number of rotatable bonds is 7. The number of nitro groups is 1. The summed E-state index contributed by atoms with van der Waals surface area (Å²) in [5, 5.41) is 14.4. The first-order valence-electron chi connectivity index (χ1n) is 9.42. The minimum atomic E-state index is -0.507. The van der Waals surface area contributed by atoms with E-state index in [4.69, 9.17) is 4.74 Å². The third-order valence-electron chi connectivity index (χ3n) is 4.63. The van der Waals surface area contributed by atoms with Crippen molar-refractivity contribution in [2.24, 2.45) is 0 Å². The molecule has 7 heteroatoms. The number of nitrogens with zero attached hydrogens (tertiary/aromatic N) is 1. The lowest BCUT2D eigenvalue weighted by Crippen LogP contribution is -2.04. The molecule has 0 amide bonds. The number of aryl methyl sites for hydroxylation is 2. The molecule has 6 nitrogen and oxygen atoms in total. The Morgan fingerprint density at radius 1 is 1.07 bits per heavy atom. The summed E-state index contributed by atoms with van der Waals surface area (Å²) < 4.78 is 19.7. The third-order valence-corrected chi connectivity index (χ3v) is 4.63. The number of carbonyl (C=O) groups is 1. The number of nitro benzene ring substituents is 1. The maximum atomic E-state index is 13.6. The number of hydrogen-bond acceptors (Lipinski definition) is 5. The Morgan fingerprint density at radius 3 is 2.37 bits per heavy atom. The van der Waals surface area contributed by atoms with Crippen molar-refractivity contribution in [2.45, 2.75) is 27.2 Å². The summed E-state index contributed by atoms with van der Waals surface area (Å²) in [6.45, 7) is 5.21. The van der Waals surface area contributed by atoms with Crippen LogP contribution >= 0.6 is 0 Å². The number of para-hydroxylation sites is 1. The standard InChI is InChI=1S/C23H21FN2O4/c1-4-21(27)18-7-5-6-8-19(18)25-20-13-17(26(28)29)9-10-22(20)30-23-14(2)11-16(24)12-15(23)3/h5-13,25H,4H2,1-3H3. The molecule has 0 bridgehead atoms. The van der Waals surface area contributed by atoms with Gasteiger partial charge >= 0.3 is 0 Å². The van der Waals surface area contributed by atoms with E-state index >= 15 is 0 Å². The maximum absolute atomic E-state index is 13.6. The van der Waals surface area contributed by atoms with E-state index in [0.717, 1.165) is 0 Å². The van der Waals surface area contributed by atoms with E-state index in [1.165, 1.54) is 30.3 Å². The fourth-order valence-electron chi connectivity index (χ4n) is 3.16. The Kier molecular flexibility index (Phi) is 6.11. The van der Waals surface area contributed by atoms with Crippen LogP contribution in [0.15, 0.2) is 54.6 Å². The Balaban J connectivity index is 2.07. The summed E-state index contributed by atoms with van der Waals surface area (Å²) in [7, 11) is 0. The van der Waals surface area contributed by atoms with Crippen LogP contribution in [0.4, 0.5) is 21.5 Å². The van der Waals surface area contributed by atoms with Gasteiger partial charge in [0.15, 0.2) is 11.5 Å². The van der Waals surface area contributed by atoms with Gasteiger partial charge in [0.1, 0.15) is 11.6 Å². The number of halogens is 1. The summed E-state index contributed by atoms with van der Waals surface area (Å²) >= 11 is 0. The molecule has 0 aliphatic heterocycles. The molecule has 30 heavy (non-hydrogen) atoms. The molecule has 0 unspecified atom stereocenters. The topological polar surface area (TPSA) is 81.5 Å². The van der Waals surface area contributed by atoms with Crippen LogP contribution in [0.1, 0.15) is 34.8 Å². The van der Waals surface area contributed by atoms with Gasteiger partial charge in [-0.2, -0.15) is 0 Å². The van der Waals surface area contributed by atoms with Crippen molar-refractivity contribution in [3.05, 3.63) is 87.2 Å². The van der Waals surface area contributed by atoms with Gasteiger partial charge in [-0.25, -0.2) is 4.39 Å². The fourth-order valence-corrected chi connectivity index (χ4v) is 3.16. The van der Waals surface area contributed by atoms with Gasteiger partial charge in [-0.15, -0.1) is 0 Å². The zero-order valence-electron chi connectivity index (χ0n) is 16.9. The Morgan fingerprint density at radius 2 is 1.73 bits per heavy atom. The van der Waals surface area contributed by atoms with E-state index in [1.54, 1.807) is 45.0 Å². The van der Waals surface area contributed by atoms with E-state index in [9.17, 15) is 19.3 Å². The molecular formula is C23H21FN2O4. The summed E-state index contributed by atoms with van der Waals surface area (Å²) in [6.07, 6.45) is 0.324. The average Bonchev–Trinajstić information content (AvgIpc) is 2.71. The molecule has 1 N–H and O–H groups in total. The van der Waals surface area contributed by atoms with Crippen LogP contribution in [0, 0.1) is 29.8 Å². The van der Waals surface area contributed by atoms with E-state index in [0.29, 0.717) is 46.0 Å². The molecule has 3 aromatic carbocycles. The van der Waals surface area contributed by atoms with Gasteiger partial charge in [0, 0.05) is 29.8 Å². The van der Waals surface area contributed by atoms with Crippen molar-refractivity contribution in [3.8, 4) is 11.5 Å². The van der Waals surface area contributed by atoms with Gasteiger partial charge in [0.2, 0.25) is 0 Å². The zero-order chi connectivity index (χ0) is 21.8. The van der Waals surface area contributed by atoms with Crippen molar-refractivity contribution in [1.29, 1.82) is 0 Å². The molecule has 0 fully saturated rings. The van der Waals surface area contributed by atoms with Gasteiger partial charge < -0.3 is 10.1 Å². The molecule has 0 aliphatic carbocycles. The van der Waals surface area contributed by atoms with Crippen LogP contribution in [0.3, 0.4) is 0 Å². The minimum Gasteiger partial charge on any atom is -0.455 e. The lowest BCUT2D eigenvalue weighted by Gasteiger charge is -2.17. The summed E-state index contributed by atoms with van der Waals surface area (Å²) in [6, 6.07) is 13.8. The van der Waals surface area contributed by atoms with Crippen LogP contribution in [0.5, 0.6) is 11.5 Å². The normalized spacial score (nSPS) is 10.5. The summed E-state index contributed by atoms with van der Waals surface area (Å²) in [5.41, 5.74) is 2.38. The van der Waals surface area contributed by atoms with Crippen molar-refractivity contribution in [3.63, 3.8) is 0 Å². The van der Waals surface area contributed by atoms with Crippen molar-refractivity contribution in [1.82, 2.24) is 0 Å². The smallest absolute Gasteiger partial charge is 0.271 e. The number of nitrogens with one attached hydrogen (secondary N) is 1. The predicted octanol–water partition coefficient (Wildman–Crippen LogP) is 6.48. The summed E-state index contributed by atoms with van der Waals surface area (Å²) in [5.74, 6) is 0.353. The number of Topliss-reactive ketones (excluding diaryl/α,β-unsaturated/α-hetero) is 1. The van der Waals surface area contributed by atoms with Gasteiger partial charge in [-0.3, -0.25) is 14.9 Å². The van der Waals surface area contributed by atoms with Gasteiger partial charge in [-0.1, -0.05) is 19.1 Å². The molecule has 0 aliphatic rings. The minimum absolute atomic E-state index is 0.0591. The second-order valence-corrected chi connectivity index (χ2v) is 6.86. The molecule has 0 saturated carbocycles. The largest absolute Gasteiger partial charge is 0.455 e. The fraction of sp³-hybridized carbons (Fsp3) is 0.174. The number of hydrogen-bond donors (Lipinski definition) is 1. The van der Waals surface area contributed by atoms with E-state index < -0.39 is 4.92 Å². The zero-order valence-corrected chi connectivity index (χ0v) is 16.9. The Hall–Kier alpha value is -3.74. The number of ketones is 1. The first kappa shape index (κ1) is 21.0. The van der Waals surface area contributed by atoms with Crippen molar-refractivity contribution < 1.29 is 18.8 Å². The molecule has 0 spiro atoms. The highest BCUT2D eigenvalue weighted by Crippen LogP contribution is 2.38. The van der Waals surface area contributed by atoms with E-state index in [2.05, 4.69) is 5.32 Å². The Bertz CT molecular complexity index is 1100. The predicted molar refractivity (Wildman–Crippen MR) is 113 cm³/mol. The second kappa shape index (κ2) is 8.73. The molecule has 0 heterocycles. The second-order valence-electron chi connectivity index (χ2n) is 6.86. The lowest BCUT2D eigenvalue weighted by molar-refractivity contribution is -0.384. The molecule has 154 valence electrons. The average molecular weight is 408 g/mol. The highest BCUT2D eigenvalue weighted by molar-refractivity contribution is 6.01. The van der Waals surface area contributed by atoms with E-state index in [1.807, 2.05) is 0 Å². The van der Waals surface area contributed by atoms with E-state index in [-0.39, 0.29) is 17.3 Å². The molecular weight excluding hydrogens is 387 g/mol. The third kappa shape index (κ3) is 4.46. The van der Waals surface area contributed by atoms with Gasteiger partial charge in [0.05, 0.1) is 10.6 Å². The molecule has 0 atom stereocenters. The van der Waals surface area contributed by atoms with Crippen molar-refractivity contribution in [2.75, 3.05) is 5.32 Å². The van der Waals surface area contributed by atoms with Crippen LogP contribution in [0.2, 0.25) is 0 Å².